The highest BCUT2D eigenvalue weighted by Crippen LogP contribution is 2.16. The summed E-state index contributed by atoms with van der Waals surface area (Å²) in [7, 11) is 0. The zero-order valence-corrected chi connectivity index (χ0v) is 12.4. The van der Waals surface area contributed by atoms with Gasteiger partial charge < -0.3 is 10.2 Å². The Kier molecular flexibility index (Phi) is 4.85. The van der Waals surface area contributed by atoms with Crippen molar-refractivity contribution in [2.24, 2.45) is 0 Å². The van der Waals surface area contributed by atoms with Gasteiger partial charge in [-0.05, 0) is 37.0 Å². The number of hydrogen-bond acceptors (Lipinski definition) is 3. The second kappa shape index (κ2) is 7.23. The van der Waals surface area contributed by atoms with Gasteiger partial charge in [-0.3, -0.25) is 4.98 Å². The topological polar surface area (TPSA) is 28.2 Å². The van der Waals surface area contributed by atoms with Crippen LogP contribution in [0, 0.1) is 0 Å². The van der Waals surface area contributed by atoms with Crippen LogP contribution in [0.4, 0.5) is 5.69 Å². The molecule has 2 aromatic rings. The standard InChI is InChI=1S/C18H23N3/c1-2-5-16(6-3-1)8-12-21-13-9-17(10-14-21)20-18-7-4-11-19-15-18/h1-7,11,15,17,20H,8-10,12-14H2. The normalized spacial score (nSPS) is 16.8. The fourth-order valence-electron chi connectivity index (χ4n) is 2.92. The molecule has 3 nitrogen and oxygen atoms in total. The van der Waals surface area contributed by atoms with E-state index in [1.54, 1.807) is 0 Å². The summed E-state index contributed by atoms with van der Waals surface area (Å²) in [5.41, 5.74) is 2.58. The van der Waals surface area contributed by atoms with Crippen LogP contribution >= 0.6 is 0 Å². The Hall–Kier alpha value is -1.87. The Morgan fingerprint density at radius 3 is 2.57 bits per heavy atom. The van der Waals surface area contributed by atoms with Gasteiger partial charge in [0.05, 0.1) is 5.69 Å². The van der Waals surface area contributed by atoms with Crippen LogP contribution in [-0.2, 0) is 6.42 Å². The summed E-state index contributed by atoms with van der Waals surface area (Å²) in [6.45, 7) is 3.54. The molecule has 1 aromatic carbocycles. The van der Waals surface area contributed by atoms with E-state index < -0.39 is 0 Å². The largest absolute Gasteiger partial charge is 0.381 e. The summed E-state index contributed by atoms with van der Waals surface area (Å²) in [4.78, 5) is 6.73. The molecule has 1 aliphatic rings. The minimum atomic E-state index is 0.585. The maximum Gasteiger partial charge on any atom is 0.0528 e. The molecule has 110 valence electrons. The maximum atomic E-state index is 4.16. The Labute approximate surface area is 127 Å². The molecule has 0 aliphatic carbocycles. The molecular formula is C18H23N3. The molecule has 1 aliphatic heterocycles. The zero-order valence-electron chi connectivity index (χ0n) is 12.4. The summed E-state index contributed by atoms with van der Waals surface area (Å²) in [5, 5.41) is 3.59. The van der Waals surface area contributed by atoms with Crippen molar-refractivity contribution in [2.75, 3.05) is 25.0 Å². The first kappa shape index (κ1) is 14.1. The van der Waals surface area contributed by atoms with E-state index in [0.717, 1.165) is 12.1 Å². The van der Waals surface area contributed by atoms with Gasteiger partial charge in [0.2, 0.25) is 0 Å². The molecule has 1 fully saturated rings. The van der Waals surface area contributed by atoms with E-state index in [4.69, 9.17) is 0 Å². The Bertz CT molecular complexity index is 519. The van der Waals surface area contributed by atoms with E-state index in [-0.39, 0.29) is 0 Å². The highest BCUT2D eigenvalue weighted by molar-refractivity contribution is 5.40. The lowest BCUT2D eigenvalue weighted by molar-refractivity contribution is 0.221. The first-order chi connectivity index (χ1) is 10.4. The van der Waals surface area contributed by atoms with E-state index >= 15 is 0 Å². The van der Waals surface area contributed by atoms with Gasteiger partial charge >= 0.3 is 0 Å². The van der Waals surface area contributed by atoms with Crippen LogP contribution in [0.2, 0.25) is 0 Å². The number of nitrogens with zero attached hydrogens (tertiary/aromatic N) is 2. The fourth-order valence-corrected chi connectivity index (χ4v) is 2.92. The predicted molar refractivity (Wildman–Crippen MR) is 87.5 cm³/mol. The third-order valence-corrected chi connectivity index (χ3v) is 4.18. The first-order valence-electron chi connectivity index (χ1n) is 7.83. The average Bonchev–Trinajstić information content (AvgIpc) is 2.56. The van der Waals surface area contributed by atoms with E-state index in [1.807, 2.05) is 18.5 Å². The number of benzene rings is 1. The molecule has 3 heteroatoms. The smallest absolute Gasteiger partial charge is 0.0528 e. The van der Waals surface area contributed by atoms with Crippen molar-refractivity contribution < 1.29 is 0 Å². The van der Waals surface area contributed by atoms with Crippen LogP contribution in [0.3, 0.4) is 0 Å². The van der Waals surface area contributed by atoms with E-state index in [9.17, 15) is 0 Å². The summed E-state index contributed by atoms with van der Waals surface area (Å²) in [5.74, 6) is 0. The molecular weight excluding hydrogens is 258 g/mol. The molecule has 0 saturated carbocycles. The highest BCUT2D eigenvalue weighted by Gasteiger charge is 2.18. The Balaban J connectivity index is 1.41. The van der Waals surface area contributed by atoms with Crippen molar-refractivity contribution in [2.45, 2.75) is 25.3 Å². The van der Waals surface area contributed by atoms with E-state index in [1.165, 1.54) is 38.0 Å². The lowest BCUT2D eigenvalue weighted by Crippen LogP contribution is -2.40. The lowest BCUT2D eigenvalue weighted by atomic mass is 10.0. The molecule has 0 spiro atoms. The number of nitrogens with one attached hydrogen (secondary N) is 1. The van der Waals surface area contributed by atoms with Gasteiger partial charge in [0.1, 0.15) is 0 Å². The van der Waals surface area contributed by atoms with E-state index in [2.05, 4.69) is 51.6 Å². The summed E-state index contributed by atoms with van der Waals surface area (Å²) >= 11 is 0. The fraction of sp³-hybridized carbons (Fsp3) is 0.389. The number of anilines is 1. The van der Waals surface area contributed by atoms with Gasteiger partial charge in [0.15, 0.2) is 0 Å². The number of piperidine rings is 1. The Morgan fingerprint density at radius 1 is 1.05 bits per heavy atom. The summed E-state index contributed by atoms with van der Waals surface area (Å²) < 4.78 is 0. The maximum absolute atomic E-state index is 4.16. The van der Waals surface area contributed by atoms with Crippen molar-refractivity contribution in [1.82, 2.24) is 9.88 Å². The Morgan fingerprint density at radius 2 is 1.86 bits per heavy atom. The molecule has 0 atom stereocenters. The van der Waals surface area contributed by atoms with Gasteiger partial charge in [-0.2, -0.15) is 0 Å². The van der Waals surface area contributed by atoms with Crippen molar-refractivity contribution in [3.63, 3.8) is 0 Å². The molecule has 0 amide bonds. The second-order valence-electron chi connectivity index (χ2n) is 5.74. The van der Waals surface area contributed by atoms with Gasteiger partial charge in [0.25, 0.3) is 0 Å². The van der Waals surface area contributed by atoms with Crippen LogP contribution in [0.15, 0.2) is 54.9 Å². The van der Waals surface area contributed by atoms with Crippen LogP contribution < -0.4 is 5.32 Å². The van der Waals surface area contributed by atoms with Crippen LogP contribution in [0.1, 0.15) is 18.4 Å². The molecule has 0 bridgehead atoms. The van der Waals surface area contributed by atoms with Crippen LogP contribution in [-0.4, -0.2) is 35.6 Å². The minimum absolute atomic E-state index is 0.585. The number of hydrogen-bond donors (Lipinski definition) is 1. The predicted octanol–water partition coefficient (Wildman–Crippen LogP) is 3.20. The van der Waals surface area contributed by atoms with Crippen LogP contribution in [0.5, 0.6) is 0 Å². The molecule has 0 radical (unpaired) electrons. The molecule has 1 aromatic heterocycles. The summed E-state index contributed by atoms with van der Waals surface area (Å²) in [6, 6.07) is 15.4. The minimum Gasteiger partial charge on any atom is -0.381 e. The molecule has 2 heterocycles. The van der Waals surface area contributed by atoms with Gasteiger partial charge in [-0.25, -0.2) is 0 Å². The van der Waals surface area contributed by atoms with Crippen molar-refractivity contribution in [3.05, 3.63) is 60.4 Å². The molecule has 3 rings (SSSR count). The van der Waals surface area contributed by atoms with Gasteiger partial charge in [0, 0.05) is 38.1 Å². The first-order valence-corrected chi connectivity index (χ1v) is 7.83. The monoisotopic (exact) mass is 281 g/mol. The number of rotatable bonds is 5. The SMILES string of the molecule is c1ccc(CCN2CCC(Nc3cccnc3)CC2)cc1. The van der Waals surface area contributed by atoms with Crippen LogP contribution in [0.25, 0.3) is 0 Å². The molecule has 1 saturated heterocycles. The van der Waals surface area contributed by atoms with Gasteiger partial charge in [-0.1, -0.05) is 30.3 Å². The average molecular weight is 281 g/mol. The lowest BCUT2D eigenvalue weighted by Gasteiger charge is -2.32. The number of likely N-dealkylation sites (tertiary alicyclic amines) is 1. The summed E-state index contributed by atoms with van der Waals surface area (Å²) in [6.07, 6.45) is 7.30. The zero-order chi connectivity index (χ0) is 14.3. The van der Waals surface area contributed by atoms with Crippen molar-refractivity contribution >= 4 is 5.69 Å². The molecule has 1 N–H and O–H groups in total. The van der Waals surface area contributed by atoms with Crippen molar-refractivity contribution in [3.8, 4) is 0 Å². The molecule has 21 heavy (non-hydrogen) atoms. The quantitative estimate of drug-likeness (QED) is 0.912. The number of pyridine rings is 1. The third kappa shape index (κ3) is 4.30. The van der Waals surface area contributed by atoms with Gasteiger partial charge in [-0.15, -0.1) is 0 Å². The van der Waals surface area contributed by atoms with E-state index in [0.29, 0.717) is 6.04 Å². The number of aromatic nitrogens is 1. The highest BCUT2D eigenvalue weighted by atomic mass is 15.1. The third-order valence-electron chi connectivity index (χ3n) is 4.18. The second-order valence-corrected chi connectivity index (χ2v) is 5.74. The molecule has 0 unspecified atom stereocenters. The van der Waals surface area contributed by atoms with Crippen molar-refractivity contribution in [1.29, 1.82) is 0 Å².